The Bertz CT molecular complexity index is 399. The molecule has 3 heteroatoms. The Kier molecular flexibility index (Phi) is 18.8. The molecule has 2 rings (SSSR count). The first-order valence-electron chi connectivity index (χ1n) is 7.93. The van der Waals surface area contributed by atoms with Crippen LogP contribution >= 0.6 is 34.0 Å². The van der Waals surface area contributed by atoms with E-state index >= 15 is 0 Å². The predicted octanol–water partition coefficient (Wildman–Crippen LogP) is 7.38. The van der Waals surface area contributed by atoms with Gasteiger partial charge >= 0.3 is 26.2 Å². The summed E-state index contributed by atoms with van der Waals surface area (Å²) in [6.07, 6.45) is 15.7. The SMILES string of the molecule is Br.Br.CC1=CC[C-]=C1CC(C)C.CC1=CC[C-]=C1CC(C)C.[Zr+2]. The molecule has 0 N–H and O–H groups in total. The normalized spacial score (nSPS) is 15.3. The van der Waals surface area contributed by atoms with Crippen molar-refractivity contribution in [2.45, 2.75) is 67.2 Å². The van der Waals surface area contributed by atoms with Crippen LogP contribution in [0.15, 0.2) is 34.4 Å². The van der Waals surface area contributed by atoms with Crippen molar-refractivity contribution in [3.8, 4) is 0 Å². The summed E-state index contributed by atoms with van der Waals surface area (Å²) in [5.74, 6) is 1.54. The van der Waals surface area contributed by atoms with Crippen LogP contribution in [0.25, 0.3) is 0 Å². The smallest absolute Gasteiger partial charge is 0.269 e. The van der Waals surface area contributed by atoms with E-state index in [4.69, 9.17) is 0 Å². The van der Waals surface area contributed by atoms with Crippen LogP contribution in [0.4, 0.5) is 0 Å². The van der Waals surface area contributed by atoms with Crippen molar-refractivity contribution in [3.63, 3.8) is 0 Å². The average molecular weight is 524 g/mol. The van der Waals surface area contributed by atoms with Crippen molar-refractivity contribution in [1.82, 2.24) is 0 Å². The third-order valence-electron chi connectivity index (χ3n) is 3.62. The second-order valence-corrected chi connectivity index (χ2v) is 6.69. The average Bonchev–Trinajstić information content (AvgIpc) is 2.90. The molecule has 0 saturated heterocycles. The molecule has 0 aromatic rings. The zero-order valence-electron chi connectivity index (χ0n) is 15.5. The van der Waals surface area contributed by atoms with Crippen molar-refractivity contribution in [1.29, 1.82) is 0 Å². The van der Waals surface area contributed by atoms with Gasteiger partial charge in [0.1, 0.15) is 0 Å². The van der Waals surface area contributed by atoms with Gasteiger partial charge in [0, 0.05) is 0 Å². The van der Waals surface area contributed by atoms with Crippen LogP contribution in [0, 0.1) is 24.0 Å². The summed E-state index contributed by atoms with van der Waals surface area (Å²) in [7, 11) is 0. The molecule has 0 atom stereocenters. The van der Waals surface area contributed by atoms with Gasteiger partial charge in [0.05, 0.1) is 0 Å². The summed E-state index contributed by atoms with van der Waals surface area (Å²) in [6.45, 7) is 13.4. The number of hydrogen-bond acceptors (Lipinski definition) is 0. The minimum Gasteiger partial charge on any atom is -0.269 e. The van der Waals surface area contributed by atoms with Gasteiger partial charge in [0.2, 0.25) is 0 Å². The first-order valence-corrected chi connectivity index (χ1v) is 7.93. The Labute approximate surface area is 184 Å². The molecule has 0 fully saturated rings. The second kappa shape index (κ2) is 15.1. The number of halogens is 2. The number of allylic oxidation sites excluding steroid dienone is 8. The van der Waals surface area contributed by atoms with E-state index in [0.717, 1.165) is 24.7 Å². The summed E-state index contributed by atoms with van der Waals surface area (Å²) in [6, 6.07) is 0. The van der Waals surface area contributed by atoms with Crippen LogP contribution in [-0.4, -0.2) is 0 Å². The van der Waals surface area contributed by atoms with E-state index in [1.165, 1.54) is 35.1 Å². The van der Waals surface area contributed by atoms with Gasteiger partial charge in [0.25, 0.3) is 0 Å². The summed E-state index contributed by atoms with van der Waals surface area (Å²) >= 11 is 0. The van der Waals surface area contributed by atoms with E-state index in [1.807, 2.05) is 0 Å². The fraction of sp³-hybridized carbons (Fsp3) is 0.600. The Morgan fingerprint density at radius 2 is 1.09 bits per heavy atom. The van der Waals surface area contributed by atoms with Gasteiger partial charge in [-0.15, -0.1) is 60.7 Å². The van der Waals surface area contributed by atoms with Crippen LogP contribution in [0.2, 0.25) is 0 Å². The van der Waals surface area contributed by atoms with Crippen molar-refractivity contribution >= 4 is 34.0 Å². The van der Waals surface area contributed by atoms with Crippen molar-refractivity contribution in [2.24, 2.45) is 11.8 Å². The summed E-state index contributed by atoms with van der Waals surface area (Å²) in [5, 5.41) is 0. The molecule has 0 heterocycles. The molecule has 0 aromatic carbocycles. The fourth-order valence-corrected chi connectivity index (χ4v) is 2.46. The van der Waals surface area contributed by atoms with Crippen LogP contribution < -0.4 is 0 Å². The Morgan fingerprint density at radius 3 is 1.26 bits per heavy atom. The third-order valence-corrected chi connectivity index (χ3v) is 3.62. The standard InChI is InChI=1S/2C10H15.2BrH.Zr/c2*1-8(2)7-10-6-4-5-9(10)3;;;/h2*5,8H,4,7H2,1-3H3;2*1H;/q2*-1;;;+2. The number of rotatable bonds is 4. The third kappa shape index (κ3) is 11.9. The van der Waals surface area contributed by atoms with Crippen molar-refractivity contribution in [3.05, 3.63) is 46.6 Å². The fourth-order valence-electron chi connectivity index (χ4n) is 2.46. The van der Waals surface area contributed by atoms with Gasteiger partial charge in [-0.1, -0.05) is 40.5 Å². The van der Waals surface area contributed by atoms with Gasteiger partial charge in [-0.3, -0.25) is 12.2 Å². The van der Waals surface area contributed by atoms with E-state index < -0.39 is 0 Å². The van der Waals surface area contributed by atoms with E-state index in [1.54, 1.807) is 0 Å². The van der Waals surface area contributed by atoms with Gasteiger partial charge in [-0.05, 0) is 11.8 Å². The van der Waals surface area contributed by atoms with Gasteiger partial charge in [-0.2, -0.15) is 12.2 Å². The molecule has 23 heavy (non-hydrogen) atoms. The van der Waals surface area contributed by atoms with Gasteiger partial charge < -0.3 is 0 Å². The van der Waals surface area contributed by atoms with Crippen LogP contribution in [-0.2, 0) is 26.2 Å². The summed E-state index contributed by atoms with van der Waals surface area (Å²) in [5.41, 5.74) is 5.76. The first-order chi connectivity index (χ1) is 9.40. The van der Waals surface area contributed by atoms with Crippen LogP contribution in [0.1, 0.15) is 67.2 Å². The minimum absolute atomic E-state index is 0. The molecule has 0 spiro atoms. The Balaban J connectivity index is -0.000000308. The molecular weight excluding hydrogens is 491 g/mol. The summed E-state index contributed by atoms with van der Waals surface area (Å²) in [4.78, 5) is 0. The maximum absolute atomic E-state index is 3.36. The molecule has 0 amide bonds. The topological polar surface area (TPSA) is 0 Å². The molecule has 0 aromatic heterocycles. The molecule has 0 bridgehead atoms. The molecule has 0 aliphatic heterocycles. The molecule has 0 unspecified atom stereocenters. The molecule has 0 saturated carbocycles. The monoisotopic (exact) mass is 520 g/mol. The minimum atomic E-state index is 0. The van der Waals surface area contributed by atoms with Gasteiger partial charge in [0.15, 0.2) is 0 Å². The molecule has 130 valence electrons. The van der Waals surface area contributed by atoms with E-state index in [-0.39, 0.29) is 60.2 Å². The van der Waals surface area contributed by atoms with Crippen LogP contribution in [0.5, 0.6) is 0 Å². The molecule has 2 aliphatic carbocycles. The number of hydrogen-bond donors (Lipinski definition) is 0. The van der Waals surface area contributed by atoms with Gasteiger partial charge in [-0.25, -0.2) is 22.3 Å². The van der Waals surface area contributed by atoms with Crippen molar-refractivity contribution < 1.29 is 26.2 Å². The van der Waals surface area contributed by atoms with E-state index in [2.05, 4.69) is 65.8 Å². The Hall–Kier alpha value is 0.803. The quantitative estimate of drug-likeness (QED) is 0.338. The molecule has 0 radical (unpaired) electrons. The zero-order chi connectivity index (χ0) is 15.1. The largest absolute Gasteiger partial charge is 2.00 e. The second-order valence-electron chi connectivity index (χ2n) is 6.69. The summed E-state index contributed by atoms with van der Waals surface area (Å²) < 4.78 is 0. The van der Waals surface area contributed by atoms with Crippen LogP contribution in [0.3, 0.4) is 0 Å². The maximum Gasteiger partial charge on any atom is 2.00 e. The Morgan fingerprint density at radius 1 is 0.783 bits per heavy atom. The zero-order valence-corrected chi connectivity index (χ0v) is 21.3. The van der Waals surface area contributed by atoms with Crippen molar-refractivity contribution in [2.75, 3.05) is 0 Å². The molecule has 2 aliphatic rings. The predicted molar refractivity (Wildman–Crippen MR) is 110 cm³/mol. The van der Waals surface area contributed by atoms with E-state index in [9.17, 15) is 0 Å². The first kappa shape index (κ1) is 28.6. The van der Waals surface area contributed by atoms with E-state index in [0.29, 0.717) is 0 Å². The maximum atomic E-state index is 3.36. The molecule has 0 nitrogen and oxygen atoms in total. The molecular formula is C20H32Br2Zr.